The summed E-state index contributed by atoms with van der Waals surface area (Å²) >= 11 is 0. The molecule has 1 fully saturated rings. The zero-order valence-electron chi connectivity index (χ0n) is 17.8. The van der Waals surface area contributed by atoms with E-state index < -0.39 is 29.7 Å². The van der Waals surface area contributed by atoms with E-state index in [0.717, 1.165) is 0 Å². The lowest BCUT2D eigenvalue weighted by atomic mass is 10.0. The molecule has 34 heavy (non-hydrogen) atoms. The van der Waals surface area contributed by atoms with Gasteiger partial charge in [-0.3, -0.25) is 24.5 Å². The van der Waals surface area contributed by atoms with Crippen LogP contribution in [0.2, 0.25) is 0 Å². The van der Waals surface area contributed by atoms with Gasteiger partial charge in [-0.15, -0.1) is 5.10 Å². The molecule has 2 aliphatic rings. The molecule has 0 saturated carbocycles. The Hall–Kier alpha value is -4.41. The largest absolute Gasteiger partial charge is 0.368 e. The summed E-state index contributed by atoms with van der Waals surface area (Å²) in [5.74, 6) is -2.21. The molecule has 11 heteroatoms. The summed E-state index contributed by atoms with van der Waals surface area (Å²) < 4.78 is 14.6. The summed E-state index contributed by atoms with van der Waals surface area (Å²) in [7, 11) is 0. The quantitative estimate of drug-likeness (QED) is 0.541. The van der Waals surface area contributed by atoms with Crippen molar-refractivity contribution in [1.82, 2.24) is 25.2 Å². The van der Waals surface area contributed by atoms with Crippen LogP contribution in [0, 0.1) is 5.82 Å². The normalized spacial score (nSPS) is 18.6. The number of carbonyl (C=O) groups excluding carboxylic acids is 4. The van der Waals surface area contributed by atoms with Crippen LogP contribution in [0.15, 0.2) is 48.7 Å². The maximum absolute atomic E-state index is 13.3. The number of primary amides is 1. The molecule has 4 amide bonds. The van der Waals surface area contributed by atoms with E-state index in [1.807, 2.05) is 0 Å². The van der Waals surface area contributed by atoms with Gasteiger partial charge in [0.1, 0.15) is 17.6 Å². The minimum absolute atomic E-state index is 0.181. The van der Waals surface area contributed by atoms with Crippen molar-refractivity contribution < 1.29 is 23.6 Å². The van der Waals surface area contributed by atoms with Crippen LogP contribution in [0.4, 0.5) is 4.39 Å². The Bertz CT molecular complexity index is 1340. The maximum atomic E-state index is 13.3. The van der Waals surface area contributed by atoms with Gasteiger partial charge in [-0.25, -0.2) is 9.07 Å². The lowest BCUT2D eigenvalue weighted by Gasteiger charge is -2.29. The molecule has 3 aromatic rings. The van der Waals surface area contributed by atoms with E-state index in [9.17, 15) is 23.6 Å². The minimum atomic E-state index is -0.971. The van der Waals surface area contributed by atoms with Crippen molar-refractivity contribution in [2.75, 3.05) is 0 Å². The van der Waals surface area contributed by atoms with E-state index in [0.29, 0.717) is 27.9 Å². The smallest absolute Gasteiger partial charge is 0.255 e. The van der Waals surface area contributed by atoms with Crippen molar-refractivity contribution in [2.24, 2.45) is 5.73 Å². The molecule has 1 saturated heterocycles. The second-order valence-corrected chi connectivity index (χ2v) is 8.21. The van der Waals surface area contributed by atoms with Crippen LogP contribution in [0.25, 0.3) is 11.3 Å². The van der Waals surface area contributed by atoms with Gasteiger partial charge >= 0.3 is 0 Å². The zero-order chi connectivity index (χ0) is 24.0. The molecular weight excluding hydrogens is 443 g/mol. The van der Waals surface area contributed by atoms with Gasteiger partial charge < -0.3 is 10.6 Å². The van der Waals surface area contributed by atoms with E-state index in [2.05, 4.69) is 15.6 Å². The summed E-state index contributed by atoms with van der Waals surface area (Å²) in [5, 5.41) is 10.5. The highest BCUT2D eigenvalue weighted by Crippen LogP contribution is 2.31. The molecule has 172 valence electrons. The summed E-state index contributed by atoms with van der Waals surface area (Å²) in [6, 6.07) is 8.84. The SMILES string of the molecule is NC(=O)C(c1ccc(F)cc1)n1cc(-c2ccc3c(c2)CN(C2CCC(=O)NC2=O)C3=O)nn1. The Balaban J connectivity index is 1.41. The third-order valence-electron chi connectivity index (χ3n) is 6.05. The third-order valence-corrected chi connectivity index (χ3v) is 6.05. The van der Waals surface area contributed by atoms with Crippen molar-refractivity contribution in [3.05, 3.63) is 71.2 Å². The van der Waals surface area contributed by atoms with Crippen LogP contribution in [0.3, 0.4) is 0 Å². The Morgan fingerprint density at radius 3 is 2.62 bits per heavy atom. The molecule has 1 aromatic heterocycles. The number of benzene rings is 2. The molecule has 3 heterocycles. The van der Waals surface area contributed by atoms with E-state index in [1.165, 1.54) is 33.8 Å². The maximum Gasteiger partial charge on any atom is 0.255 e. The van der Waals surface area contributed by atoms with Crippen molar-refractivity contribution >= 4 is 23.6 Å². The lowest BCUT2D eigenvalue weighted by molar-refractivity contribution is -0.137. The second-order valence-electron chi connectivity index (χ2n) is 8.21. The number of amides is 4. The van der Waals surface area contributed by atoms with Gasteiger partial charge in [-0.1, -0.05) is 23.4 Å². The molecule has 3 N–H and O–H groups in total. The Labute approximate surface area is 192 Å². The number of halogens is 1. The van der Waals surface area contributed by atoms with Gasteiger partial charge in [-0.2, -0.15) is 0 Å². The summed E-state index contributed by atoms with van der Waals surface area (Å²) in [4.78, 5) is 50.1. The zero-order valence-corrected chi connectivity index (χ0v) is 17.8. The fourth-order valence-electron chi connectivity index (χ4n) is 4.36. The number of carbonyl (C=O) groups is 4. The average molecular weight is 462 g/mol. The molecular formula is C23H19FN6O4. The Morgan fingerprint density at radius 1 is 1.15 bits per heavy atom. The van der Waals surface area contributed by atoms with E-state index in [1.54, 1.807) is 24.4 Å². The molecule has 2 unspecified atom stereocenters. The fourth-order valence-corrected chi connectivity index (χ4v) is 4.36. The predicted molar refractivity (Wildman–Crippen MR) is 115 cm³/mol. The van der Waals surface area contributed by atoms with Crippen molar-refractivity contribution in [3.63, 3.8) is 0 Å². The number of imide groups is 1. The molecule has 0 radical (unpaired) electrons. The first kappa shape index (κ1) is 21.4. The van der Waals surface area contributed by atoms with Gasteiger partial charge in [-0.05, 0) is 41.8 Å². The molecule has 2 atom stereocenters. The van der Waals surface area contributed by atoms with E-state index in [-0.39, 0.29) is 31.2 Å². The first-order chi connectivity index (χ1) is 16.3. The summed E-state index contributed by atoms with van der Waals surface area (Å²) in [5.41, 5.74) is 8.32. The number of piperidine rings is 1. The number of aromatic nitrogens is 3. The van der Waals surface area contributed by atoms with Gasteiger partial charge in [0.25, 0.3) is 5.91 Å². The lowest BCUT2D eigenvalue weighted by Crippen LogP contribution is -2.52. The number of rotatable bonds is 5. The number of nitrogens with one attached hydrogen (secondary N) is 1. The van der Waals surface area contributed by atoms with Crippen LogP contribution in [0.5, 0.6) is 0 Å². The monoisotopic (exact) mass is 462 g/mol. The van der Waals surface area contributed by atoms with Crippen LogP contribution in [-0.4, -0.2) is 49.6 Å². The minimum Gasteiger partial charge on any atom is -0.368 e. The first-order valence-corrected chi connectivity index (χ1v) is 10.6. The van der Waals surface area contributed by atoms with Crippen LogP contribution >= 0.6 is 0 Å². The van der Waals surface area contributed by atoms with Gasteiger partial charge in [0, 0.05) is 24.1 Å². The predicted octanol–water partition coefficient (Wildman–Crippen LogP) is 0.920. The Morgan fingerprint density at radius 2 is 1.91 bits per heavy atom. The third kappa shape index (κ3) is 3.70. The highest BCUT2D eigenvalue weighted by atomic mass is 19.1. The highest BCUT2D eigenvalue weighted by Gasteiger charge is 2.39. The standard InChI is InChI=1S/C23H19FN6O4/c24-15-4-1-12(2-5-15)20(21(25)32)30-11-17(27-28-30)13-3-6-16-14(9-13)10-29(23(16)34)18-7-8-19(31)26-22(18)33/h1-6,9,11,18,20H,7-8,10H2,(H2,25,32)(H,26,31,33). The van der Waals surface area contributed by atoms with E-state index >= 15 is 0 Å². The van der Waals surface area contributed by atoms with Crippen molar-refractivity contribution in [1.29, 1.82) is 0 Å². The fraction of sp³-hybridized carbons (Fsp3) is 0.217. The molecule has 0 bridgehead atoms. The topological polar surface area (TPSA) is 140 Å². The Kier molecular flexibility index (Phi) is 5.16. The summed E-state index contributed by atoms with van der Waals surface area (Å²) in [6.07, 6.45) is 2.01. The number of nitrogens with two attached hydrogens (primary N) is 1. The molecule has 0 aliphatic carbocycles. The molecule has 0 spiro atoms. The van der Waals surface area contributed by atoms with Gasteiger partial charge in [0.15, 0.2) is 6.04 Å². The number of hydrogen-bond donors (Lipinski definition) is 2. The molecule has 2 aromatic carbocycles. The number of nitrogens with zero attached hydrogens (tertiary/aromatic N) is 4. The molecule has 2 aliphatic heterocycles. The van der Waals surface area contributed by atoms with Crippen LogP contribution in [0.1, 0.15) is 40.4 Å². The van der Waals surface area contributed by atoms with Crippen LogP contribution < -0.4 is 11.1 Å². The van der Waals surface area contributed by atoms with Gasteiger partial charge in [0.05, 0.1) is 6.20 Å². The molecule has 5 rings (SSSR count). The highest BCUT2D eigenvalue weighted by molar-refractivity contribution is 6.05. The van der Waals surface area contributed by atoms with Gasteiger partial charge in [0.2, 0.25) is 17.7 Å². The van der Waals surface area contributed by atoms with Crippen molar-refractivity contribution in [2.45, 2.75) is 31.5 Å². The second kappa shape index (κ2) is 8.18. The molecule has 10 nitrogen and oxygen atoms in total. The van der Waals surface area contributed by atoms with Crippen molar-refractivity contribution in [3.8, 4) is 11.3 Å². The average Bonchev–Trinajstić information content (AvgIpc) is 3.40. The number of fused-ring (bicyclic) bond motifs is 1. The first-order valence-electron chi connectivity index (χ1n) is 10.6. The van der Waals surface area contributed by atoms with Crippen LogP contribution in [-0.2, 0) is 20.9 Å². The summed E-state index contributed by atoms with van der Waals surface area (Å²) in [6.45, 7) is 0.224. The number of hydrogen-bond acceptors (Lipinski definition) is 6. The van der Waals surface area contributed by atoms with E-state index in [4.69, 9.17) is 5.73 Å².